The summed E-state index contributed by atoms with van der Waals surface area (Å²) in [5, 5.41) is 6.52. The van der Waals surface area contributed by atoms with Gasteiger partial charge >= 0.3 is 5.97 Å². The van der Waals surface area contributed by atoms with Gasteiger partial charge in [0.25, 0.3) is 10.1 Å². The fourth-order valence-corrected chi connectivity index (χ4v) is 10.8. The largest absolute Gasteiger partial charge is 0.497 e. The highest BCUT2D eigenvalue weighted by molar-refractivity contribution is 7.93. The normalized spacial score (nSPS) is 17.8. The molecule has 1 fully saturated rings. The summed E-state index contributed by atoms with van der Waals surface area (Å²) in [4.78, 5) is 16.1. The maximum Gasteiger partial charge on any atom is 0.338 e. The molecular weight excluding hydrogens is 713 g/mol. The molecule has 1 heterocycles. The Kier molecular flexibility index (Phi) is 14.8. The molecule has 3 N–H and O–H groups in total. The molecule has 0 radical (unpaired) electrons. The van der Waals surface area contributed by atoms with Crippen LogP contribution in [0.15, 0.2) is 53.4 Å². The number of hydrogen-bond donors (Lipinski definition) is 3. The Morgan fingerprint density at radius 1 is 0.940 bits per heavy atom. The van der Waals surface area contributed by atoms with E-state index < -0.39 is 69.5 Å². The van der Waals surface area contributed by atoms with Gasteiger partial charge in [-0.05, 0) is 86.4 Å². The molecule has 0 amide bonds. The zero-order valence-electron chi connectivity index (χ0n) is 29.1. The number of hydrogen-bond acceptors (Lipinski definition) is 12. The summed E-state index contributed by atoms with van der Waals surface area (Å²) in [6.45, 7) is 9.69. The number of nitrogens with one attached hydrogen (secondary N) is 1. The molecule has 17 heteroatoms. The fraction of sp³-hybridized carbons (Fsp3) is 0.606. The van der Waals surface area contributed by atoms with Gasteiger partial charge in [-0.15, -0.1) is 0 Å². The van der Waals surface area contributed by atoms with Crippen molar-refractivity contribution in [1.82, 2.24) is 9.79 Å². The maximum absolute atomic E-state index is 14.4. The van der Waals surface area contributed by atoms with E-state index in [4.69, 9.17) is 14.2 Å². The van der Waals surface area contributed by atoms with Gasteiger partial charge in [0.2, 0.25) is 10.0 Å². The quantitative estimate of drug-likeness (QED) is 0.107. The number of carbonyl (C=O) groups is 1. The Labute approximate surface area is 296 Å². The molecule has 2 aromatic carbocycles. The van der Waals surface area contributed by atoms with E-state index in [-0.39, 0.29) is 36.3 Å². The number of carbonyl (C=O) groups excluding carboxylic acids is 1. The van der Waals surface area contributed by atoms with Gasteiger partial charge in [-0.2, -0.15) is 8.42 Å². The van der Waals surface area contributed by atoms with E-state index in [2.05, 4.69) is 4.90 Å². The summed E-state index contributed by atoms with van der Waals surface area (Å²) in [5.41, 5.74) is 0.739. The summed E-state index contributed by atoms with van der Waals surface area (Å²) < 4.78 is 104. The fourth-order valence-electron chi connectivity index (χ4n) is 6.24. The second-order valence-corrected chi connectivity index (χ2v) is 19.3. The maximum atomic E-state index is 14.4. The number of morpholine rings is 1. The van der Waals surface area contributed by atoms with E-state index in [1.165, 1.54) is 62.2 Å². The third-order valence-electron chi connectivity index (χ3n) is 9.36. The molecule has 0 saturated carbocycles. The highest BCUT2D eigenvalue weighted by Gasteiger charge is 2.46. The number of methoxy groups -OCH3 is 1. The molecule has 14 nitrogen and oxygen atoms in total. The van der Waals surface area contributed by atoms with Gasteiger partial charge in [-0.25, -0.2) is 21.6 Å². The molecule has 4 atom stereocenters. The third kappa shape index (κ3) is 10.9. The number of ether oxygens (including phenoxy) is 3. The van der Waals surface area contributed by atoms with Crippen molar-refractivity contribution < 1.29 is 54.0 Å². The van der Waals surface area contributed by atoms with E-state index in [1.807, 2.05) is 0 Å². The molecule has 1 saturated heterocycles. The second kappa shape index (κ2) is 17.7. The molecule has 2 aromatic rings. The third-order valence-corrected chi connectivity index (χ3v) is 15.1. The van der Waals surface area contributed by atoms with E-state index in [1.54, 1.807) is 26.0 Å². The molecule has 1 aliphatic rings. The van der Waals surface area contributed by atoms with Crippen molar-refractivity contribution in [3.8, 4) is 5.75 Å². The topological polar surface area (TPSA) is 203 Å². The number of benzene rings is 2. The van der Waals surface area contributed by atoms with Crippen LogP contribution >= 0.6 is 0 Å². The summed E-state index contributed by atoms with van der Waals surface area (Å²) in [6, 6.07) is 11.8. The lowest BCUT2D eigenvalue weighted by Gasteiger charge is -2.35. The van der Waals surface area contributed by atoms with Crippen molar-refractivity contribution >= 4 is 35.9 Å². The molecule has 1 aliphatic heterocycles. The van der Waals surface area contributed by atoms with Crippen LogP contribution in [0.3, 0.4) is 0 Å². The number of sulfone groups is 1. The summed E-state index contributed by atoms with van der Waals surface area (Å²) in [6.07, 6.45) is -0.810. The highest BCUT2D eigenvalue weighted by atomic mass is 32.2. The molecule has 0 spiro atoms. The average Bonchev–Trinajstić information content (AvgIpc) is 3.07. The van der Waals surface area contributed by atoms with Gasteiger partial charge < -0.3 is 19.4 Å². The van der Waals surface area contributed by atoms with E-state index in [0.717, 1.165) is 13.1 Å². The standard InChI is InChI=1S/C33H50N2O12S3/c1-24(2)30(49(40,41)34-37)15-6-25(3)31(50(42,43)44)23-33(4,48(38,39)29-13-11-28(45-5)12-14-29)22-26-7-9-27(10-8-26)32(36)47-21-18-35-16-19-46-20-17-35/h7-14,24-25,30-31,34,37H,6,15-23H2,1-5H3,(H,42,43,44). The molecule has 282 valence electrons. The van der Waals surface area contributed by atoms with Gasteiger partial charge in [0.05, 0.1) is 46.0 Å². The molecule has 50 heavy (non-hydrogen) atoms. The van der Waals surface area contributed by atoms with Crippen LogP contribution in [0.2, 0.25) is 0 Å². The van der Waals surface area contributed by atoms with Crippen LogP contribution in [0, 0.1) is 11.8 Å². The first-order valence-electron chi connectivity index (χ1n) is 16.4. The van der Waals surface area contributed by atoms with Crippen molar-refractivity contribution in [3.63, 3.8) is 0 Å². The SMILES string of the molecule is COc1ccc(S(=O)(=O)C(C)(Cc2ccc(C(=O)OCCN3CCOCC3)cc2)CC(C(C)CCC(C(C)C)S(=O)(=O)NO)S(=O)(=O)O)cc1. The number of esters is 1. The Hall–Kier alpha value is -2.64. The van der Waals surface area contributed by atoms with Crippen molar-refractivity contribution in [2.24, 2.45) is 11.8 Å². The lowest BCUT2D eigenvalue weighted by Crippen LogP contribution is -2.45. The highest BCUT2D eigenvalue weighted by Crippen LogP contribution is 2.38. The van der Waals surface area contributed by atoms with Crippen LogP contribution in [0.4, 0.5) is 0 Å². The second-order valence-electron chi connectivity index (χ2n) is 13.3. The smallest absolute Gasteiger partial charge is 0.338 e. The molecule has 4 unspecified atom stereocenters. The predicted molar refractivity (Wildman–Crippen MR) is 187 cm³/mol. The van der Waals surface area contributed by atoms with Crippen LogP contribution < -0.4 is 9.62 Å². The average molecular weight is 763 g/mol. The molecular formula is C33H50N2O12S3. The number of rotatable bonds is 19. The summed E-state index contributed by atoms with van der Waals surface area (Å²) in [5.74, 6) is -1.46. The lowest BCUT2D eigenvalue weighted by molar-refractivity contribution is 0.0195. The first kappa shape index (κ1) is 41.8. The van der Waals surface area contributed by atoms with Gasteiger partial charge in [0.1, 0.15) is 12.4 Å². The first-order chi connectivity index (χ1) is 23.3. The predicted octanol–water partition coefficient (Wildman–Crippen LogP) is 3.36. The Bertz CT molecular complexity index is 1730. The van der Waals surface area contributed by atoms with Crippen molar-refractivity contribution in [1.29, 1.82) is 0 Å². The van der Waals surface area contributed by atoms with E-state index in [0.29, 0.717) is 31.1 Å². The van der Waals surface area contributed by atoms with Gasteiger partial charge in [-0.1, -0.05) is 37.8 Å². The van der Waals surface area contributed by atoms with Crippen molar-refractivity contribution in [2.75, 3.05) is 46.6 Å². The zero-order chi connectivity index (χ0) is 37.3. The van der Waals surface area contributed by atoms with E-state index in [9.17, 15) is 39.8 Å². The van der Waals surface area contributed by atoms with Gasteiger partial charge in [0, 0.05) is 19.6 Å². The zero-order valence-corrected chi connectivity index (χ0v) is 31.6. The van der Waals surface area contributed by atoms with Gasteiger partial charge in [0.15, 0.2) is 9.84 Å². The van der Waals surface area contributed by atoms with Crippen LogP contribution in [-0.4, -0.2) is 108 Å². The van der Waals surface area contributed by atoms with Gasteiger partial charge in [-0.3, -0.25) is 9.45 Å². The Morgan fingerprint density at radius 2 is 1.54 bits per heavy atom. The van der Waals surface area contributed by atoms with Crippen molar-refractivity contribution in [3.05, 3.63) is 59.7 Å². The molecule has 0 bridgehead atoms. The minimum Gasteiger partial charge on any atom is -0.497 e. The summed E-state index contributed by atoms with van der Waals surface area (Å²) >= 11 is 0. The lowest BCUT2D eigenvalue weighted by atomic mass is 9.88. The monoisotopic (exact) mass is 762 g/mol. The number of sulfonamides is 1. The Morgan fingerprint density at radius 3 is 2.06 bits per heavy atom. The Balaban J connectivity index is 1.91. The molecule has 0 aliphatic carbocycles. The van der Waals surface area contributed by atoms with Crippen molar-refractivity contribution in [2.45, 2.75) is 73.5 Å². The van der Waals surface area contributed by atoms with E-state index >= 15 is 0 Å². The minimum atomic E-state index is -4.86. The van der Waals surface area contributed by atoms with Crippen LogP contribution in [0.5, 0.6) is 5.75 Å². The summed E-state index contributed by atoms with van der Waals surface area (Å²) in [7, 11) is -11.9. The minimum absolute atomic E-state index is 0.0186. The molecule has 0 aromatic heterocycles. The first-order valence-corrected chi connectivity index (χ1v) is 20.9. The van der Waals surface area contributed by atoms with Crippen LogP contribution in [0.1, 0.15) is 62.9 Å². The molecule has 3 rings (SSSR count). The van der Waals surface area contributed by atoms with Crippen LogP contribution in [-0.2, 0) is 45.9 Å². The number of nitrogens with zero attached hydrogens (tertiary/aromatic N) is 1. The van der Waals surface area contributed by atoms with Crippen LogP contribution in [0.25, 0.3) is 0 Å².